The van der Waals surface area contributed by atoms with Crippen molar-refractivity contribution in [3.8, 4) is 23.0 Å². The summed E-state index contributed by atoms with van der Waals surface area (Å²) in [4.78, 5) is 0. The number of hydrogen-bond donors (Lipinski definition) is 0. The minimum absolute atomic E-state index is 0.195. The van der Waals surface area contributed by atoms with Gasteiger partial charge in [-0.2, -0.15) is 0 Å². The van der Waals surface area contributed by atoms with E-state index in [1.807, 2.05) is 66.7 Å². The van der Waals surface area contributed by atoms with E-state index in [9.17, 15) is 0 Å². The van der Waals surface area contributed by atoms with Crippen LogP contribution in [0.4, 0.5) is 0 Å². The fourth-order valence-electron chi connectivity index (χ4n) is 7.87. The zero-order valence-corrected chi connectivity index (χ0v) is 37.7. The first-order valence-corrected chi connectivity index (χ1v) is 23.5. The molecule has 0 radical (unpaired) electrons. The summed E-state index contributed by atoms with van der Waals surface area (Å²) >= 11 is 0. The summed E-state index contributed by atoms with van der Waals surface area (Å²) in [6, 6.07) is 63.7. The SMILES string of the molecule is COc1ccc(P(O[C@@H]2[C@@H](COC(c3ccccc3)(c3ccccc3)c3ccccc3)OCC[C@H]2OP(c2ccc(OC)cc2)c2ccc(OC)cc2)c2ccc(OC)cc2)cc1. The van der Waals surface area contributed by atoms with E-state index >= 15 is 0 Å². The smallest absolute Gasteiger partial charge is 0.143 e. The maximum atomic E-state index is 7.59. The molecule has 0 unspecified atom stereocenters. The average Bonchev–Trinajstić information content (AvgIpc) is 3.36. The van der Waals surface area contributed by atoms with Crippen LogP contribution in [0.2, 0.25) is 0 Å². The highest BCUT2D eigenvalue weighted by Gasteiger charge is 2.44. The highest BCUT2D eigenvalue weighted by molar-refractivity contribution is 7.69. The van der Waals surface area contributed by atoms with Crippen molar-refractivity contribution in [3.05, 3.63) is 205 Å². The van der Waals surface area contributed by atoms with Crippen LogP contribution in [0, 0.1) is 0 Å². The normalized spacial score (nSPS) is 16.4. The van der Waals surface area contributed by atoms with E-state index < -0.39 is 40.2 Å². The van der Waals surface area contributed by atoms with Gasteiger partial charge in [-0.05, 0) is 120 Å². The predicted molar refractivity (Wildman–Crippen MR) is 254 cm³/mol. The van der Waals surface area contributed by atoms with Gasteiger partial charge >= 0.3 is 0 Å². The van der Waals surface area contributed by atoms with E-state index in [0.29, 0.717) is 13.0 Å². The van der Waals surface area contributed by atoms with Gasteiger partial charge in [0.25, 0.3) is 0 Å². The summed E-state index contributed by atoms with van der Waals surface area (Å²) in [5.74, 6) is 3.08. The molecule has 1 aliphatic heterocycles. The maximum Gasteiger partial charge on any atom is 0.143 e. The highest BCUT2D eigenvalue weighted by atomic mass is 31.1. The quantitative estimate of drug-likeness (QED) is 0.0624. The van der Waals surface area contributed by atoms with Gasteiger partial charge in [-0.25, -0.2) is 0 Å². The second-order valence-corrected chi connectivity index (χ2v) is 18.5. The van der Waals surface area contributed by atoms with E-state index in [2.05, 4.69) is 121 Å². The number of methoxy groups -OCH3 is 4. The molecule has 7 aromatic carbocycles. The summed E-state index contributed by atoms with van der Waals surface area (Å²) in [5, 5.41) is 4.11. The van der Waals surface area contributed by atoms with Crippen LogP contribution in [0.25, 0.3) is 0 Å². The Morgan fingerprint density at radius 1 is 0.444 bits per heavy atom. The Balaban J connectivity index is 1.23. The van der Waals surface area contributed by atoms with Crippen LogP contribution < -0.4 is 40.2 Å². The molecule has 8 nitrogen and oxygen atoms in total. The minimum Gasteiger partial charge on any atom is -0.497 e. The van der Waals surface area contributed by atoms with Crippen molar-refractivity contribution in [2.24, 2.45) is 0 Å². The Labute approximate surface area is 373 Å². The van der Waals surface area contributed by atoms with Gasteiger partial charge in [-0.15, -0.1) is 0 Å². The Morgan fingerprint density at radius 2 is 0.778 bits per heavy atom. The molecule has 1 saturated heterocycles. The lowest BCUT2D eigenvalue weighted by Gasteiger charge is -2.43. The summed E-state index contributed by atoms with van der Waals surface area (Å²) in [7, 11) is 3.92. The molecular formula is C53H52O8P2. The summed E-state index contributed by atoms with van der Waals surface area (Å²) in [5.41, 5.74) is 2.04. The monoisotopic (exact) mass is 878 g/mol. The number of hydrogen-bond acceptors (Lipinski definition) is 8. The molecule has 0 bridgehead atoms. The molecule has 8 rings (SSSR count). The Hall–Kier alpha value is -5.56. The van der Waals surface area contributed by atoms with Crippen molar-refractivity contribution in [1.82, 2.24) is 0 Å². The molecule has 0 saturated carbocycles. The number of benzene rings is 7. The third-order valence-electron chi connectivity index (χ3n) is 11.2. The van der Waals surface area contributed by atoms with Crippen LogP contribution in [0.15, 0.2) is 188 Å². The Bertz CT molecular complexity index is 2250. The van der Waals surface area contributed by atoms with Crippen LogP contribution >= 0.6 is 16.3 Å². The highest BCUT2D eigenvalue weighted by Crippen LogP contribution is 2.47. The molecule has 322 valence electrons. The number of rotatable bonds is 18. The predicted octanol–water partition coefficient (Wildman–Crippen LogP) is 9.68. The van der Waals surface area contributed by atoms with Gasteiger partial charge in [0.1, 0.15) is 40.8 Å². The fourth-order valence-corrected chi connectivity index (χ4v) is 11.6. The van der Waals surface area contributed by atoms with Crippen molar-refractivity contribution < 1.29 is 37.5 Å². The van der Waals surface area contributed by atoms with E-state index in [0.717, 1.165) is 60.9 Å². The molecule has 0 N–H and O–H groups in total. The Morgan fingerprint density at radius 3 is 1.11 bits per heavy atom. The number of ether oxygens (including phenoxy) is 6. The van der Waals surface area contributed by atoms with Gasteiger partial charge in [-0.3, -0.25) is 0 Å². The van der Waals surface area contributed by atoms with Crippen molar-refractivity contribution in [3.63, 3.8) is 0 Å². The van der Waals surface area contributed by atoms with E-state index in [4.69, 9.17) is 37.5 Å². The lowest BCUT2D eigenvalue weighted by atomic mass is 9.80. The topological polar surface area (TPSA) is 73.8 Å². The van der Waals surface area contributed by atoms with Gasteiger partial charge in [0.05, 0.1) is 57.4 Å². The standard InChI is InChI=1S/C53H52O8P2/c1-54-42-20-28-46(29-21-42)62(47-30-22-43(55-2)23-31-47)60-50-36-37-58-51(52(50)61-63(48-32-24-44(56-3)25-33-48)49-34-26-45(57-4)27-35-49)38-59-53(39-14-8-5-9-15-39,40-16-10-6-11-17-40)41-18-12-7-13-19-41/h5-35,50-52H,36-38H2,1-4H3/t50-,51-,52+/m1/s1. The van der Waals surface area contributed by atoms with Crippen LogP contribution in [-0.4, -0.2) is 60.0 Å². The molecule has 0 spiro atoms. The van der Waals surface area contributed by atoms with E-state index in [1.54, 1.807) is 28.4 Å². The summed E-state index contributed by atoms with van der Waals surface area (Å²) in [6.07, 6.45) is -0.911. The molecule has 3 atom stereocenters. The van der Waals surface area contributed by atoms with Gasteiger partial charge in [0.15, 0.2) is 0 Å². The molecule has 0 aromatic heterocycles. The summed E-state index contributed by atoms with van der Waals surface area (Å²) < 4.78 is 51.7. The van der Waals surface area contributed by atoms with Crippen LogP contribution in [0.1, 0.15) is 23.1 Å². The first-order chi connectivity index (χ1) is 31.0. The zero-order valence-electron chi connectivity index (χ0n) is 35.9. The summed E-state index contributed by atoms with van der Waals surface area (Å²) in [6.45, 7) is 0.644. The van der Waals surface area contributed by atoms with Crippen LogP contribution in [0.3, 0.4) is 0 Å². The molecule has 0 aliphatic carbocycles. The average molecular weight is 879 g/mol. The molecular weight excluding hydrogens is 827 g/mol. The third-order valence-corrected chi connectivity index (χ3v) is 15.2. The second kappa shape index (κ2) is 21.2. The first kappa shape index (κ1) is 44.1. The van der Waals surface area contributed by atoms with Crippen molar-refractivity contribution in [2.75, 3.05) is 41.7 Å². The van der Waals surface area contributed by atoms with E-state index in [1.165, 1.54) is 0 Å². The lowest BCUT2D eigenvalue weighted by Crippen LogP contribution is -2.50. The first-order valence-electron chi connectivity index (χ1n) is 20.9. The van der Waals surface area contributed by atoms with Crippen LogP contribution in [-0.2, 0) is 24.1 Å². The zero-order chi connectivity index (χ0) is 43.4. The van der Waals surface area contributed by atoms with Crippen molar-refractivity contribution in [1.29, 1.82) is 0 Å². The third kappa shape index (κ3) is 10.1. The lowest BCUT2D eigenvalue weighted by molar-refractivity contribution is -0.149. The molecule has 63 heavy (non-hydrogen) atoms. The fraction of sp³-hybridized carbons (Fsp3) is 0.208. The maximum absolute atomic E-state index is 7.59. The van der Waals surface area contributed by atoms with Crippen LogP contribution in [0.5, 0.6) is 23.0 Å². The molecule has 7 aromatic rings. The van der Waals surface area contributed by atoms with Gasteiger partial charge in [0, 0.05) is 27.8 Å². The molecule has 1 aliphatic rings. The minimum atomic E-state index is -1.43. The van der Waals surface area contributed by atoms with Gasteiger partial charge in [0.2, 0.25) is 0 Å². The largest absolute Gasteiger partial charge is 0.497 e. The molecule has 0 amide bonds. The Kier molecular flexibility index (Phi) is 14.8. The molecule has 1 fully saturated rings. The molecule has 1 heterocycles. The van der Waals surface area contributed by atoms with Crippen molar-refractivity contribution >= 4 is 37.5 Å². The van der Waals surface area contributed by atoms with Gasteiger partial charge < -0.3 is 37.5 Å². The van der Waals surface area contributed by atoms with E-state index in [-0.39, 0.29) is 6.61 Å². The van der Waals surface area contributed by atoms with Crippen molar-refractivity contribution in [2.45, 2.75) is 30.3 Å². The van der Waals surface area contributed by atoms with Gasteiger partial charge in [-0.1, -0.05) is 91.0 Å². The second-order valence-electron chi connectivity index (χ2n) is 14.9. The molecule has 10 heteroatoms.